The standard InChI is InChI=1S/C18H29Si2.CH3.2Al.2ClH.H2N.O.Ti.3H/c1-15(2)18(19(3,4)16-11-7-8-12-16)20(5,6)17-13-9-10-14-17;;;;;;;;;;;/h7-11,13,18H,12,14H2,1-6H3;1H3;;;2*1H;1H2;;;;;/q;;;;;;-1;;+1;;;. The van der Waals surface area contributed by atoms with Crippen molar-refractivity contribution >= 4 is 73.1 Å². The van der Waals surface area contributed by atoms with E-state index in [1.54, 1.807) is 10.4 Å². The van der Waals surface area contributed by atoms with Gasteiger partial charge in [0.25, 0.3) is 0 Å². The Morgan fingerprint density at radius 1 is 1.04 bits per heavy atom. The molecule has 2 N–H and O–H groups in total. The molecule has 0 unspecified atom stereocenters. The second kappa shape index (κ2) is 14.0. The Hall–Kier alpha value is 1.67. The first kappa shape index (κ1) is 31.9. The van der Waals surface area contributed by atoms with Crippen molar-refractivity contribution in [3.05, 3.63) is 46.8 Å². The summed E-state index contributed by atoms with van der Waals surface area (Å²) in [7, 11) is -3.03. The number of rotatable bonds is 7. The van der Waals surface area contributed by atoms with Crippen LogP contribution >= 0.6 is 24.8 Å². The largest absolute Gasteiger partial charge is 0.645 e. The van der Waals surface area contributed by atoms with Crippen LogP contribution in [0.4, 0.5) is 0 Å². The maximum absolute atomic E-state index is 6.40. The van der Waals surface area contributed by atoms with Crippen molar-refractivity contribution in [3.63, 3.8) is 0 Å². The predicted molar refractivity (Wildman–Crippen MR) is 138 cm³/mol. The third-order valence-corrected chi connectivity index (χ3v) is 23.6. The van der Waals surface area contributed by atoms with Gasteiger partial charge >= 0.3 is 181 Å². The normalized spacial score (nSPS) is 15.8. The van der Waals surface area contributed by atoms with Crippen molar-refractivity contribution in [2.24, 2.45) is 4.22 Å². The molecule has 0 heterocycles. The average molecular weight is 526 g/mol. The molecule has 0 atom stereocenters. The van der Waals surface area contributed by atoms with Crippen molar-refractivity contribution in [1.29, 1.82) is 0 Å². The fraction of sp³-hybridized carbons (Fsp3) is 0.579. The summed E-state index contributed by atoms with van der Waals surface area (Å²) in [5.41, 5.74) is 0. The number of allylic oxidation sites excluding steroid dienone is 8. The Bertz CT molecular complexity index is 565. The molecule has 2 nitrogen and oxygen atoms in total. The van der Waals surface area contributed by atoms with Gasteiger partial charge in [0.05, 0.1) is 0 Å². The van der Waals surface area contributed by atoms with Gasteiger partial charge in [0.2, 0.25) is 0 Å². The molecule has 2 aliphatic rings. The maximum atomic E-state index is 6.40. The molecular formula is C19H39Al2Cl2NOSi2Ti. The number of hydrogen-bond acceptors (Lipinski definition) is 2. The first-order chi connectivity index (χ1) is 12.1. The SMILES string of the molecule is C[C](C)([Ti][NH2])C([Si](C)(C)C1=CC=CC1)[Si](C)(C)C1=CC=CC1.Cl.Cl.[CH3][AlH][O][AlH2]. The van der Waals surface area contributed by atoms with E-state index in [-0.39, 0.29) is 40.4 Å². The van der Waals surface area contributed by atoms with Crippen molar-refractivity contribution < 1.29 is 22.2 Å². The molecule has 0 saturated heterocycles. The van der Waals surface area contributed by atoms with Gasteiger partial charge in [-0.15, -0.1) is 24.8 Å². The molecule has 9 heteroatoms. The smallest absolute Gasteiger partial charge is 0.401 e. The van der Waals surface area contributed by atoms with Crippen LogP contribution in [-0.4, -0.2) is 48.3 Å². The van der Waals surface area contributed by atoms with Crippen LogP contribution in [0.2, 0.25) is 40.9 Å². The van der Waals surface area contributed by atoms with Crippen LogP contribution in [0.15, 0.2) is 46.8 Å². The van der Waals surface area contributed by atoms with Crippen LogP contribution in [0.1, 0.15) is 26.7 Å². The Morgan fingerprint density at radius 3 is 1.61 bits per heavy atom. The van der Waals surface area contributed by atoms with E-state index in [0.717, 1.165) is 21.8 Å². The van der Waals surface area contributed by atoms with Gasteiger partial charge in [0, 0.05) is 0 Å². The summed E-state index contributed by atoms with van der Waals surface area (Å²) in [6, 6.07) is 0. The van der Waals surface area contributed by atoms with Gasteiger partial charge in [-0.05, 0) is 0 Å². The topological polar surface area (TPSA) is 35.2 Å². The summed E-state index contributed by atoms with van der Waals surface area (Å²) < 4.78 is 11.5. The van der Waals surface area contributed by atoms with Gasteiger partial charge < -0.3 is 2.84 Å². The molecule has 0 aromatic carbocycles. The third-order valence-electron chi connectivity index (χ3n) is 6.02. The quantitative estimate of drug-likeness (QED) is 0.468. The van der Waals surface area contributed by atoms with Crippen LogP contribution in [0, 0.1) is 0 Å². The van der Waals surface area contributed by atoms with Gasteiger partial charge in [-0.1, -0.05) is 5.79 Å². The summed E-state index contributed by atoms with van der Waals surface area (Å²) in [4.78, 5) is 0. The van der Waals surface area contributed by atoms with Gasteiger partial charge in [0.1, 0.15) is 0 Å². The van der Waals surface area contributed by atoms with Gasteiger partial charge in [-0.3, -0.25) is 0 Å². The van der Waals surface area contributed by atoms with Crippen molar-refractivity contribution in [2.45, 2.75) is 67.5 Å². The van der Waals surface area contributed by atoms with E-state index >= 15 is 0 Å². The van der Waals surface area contributed by atoms with Crippen LogP contribution in [-0.2, 0) is 22.2 Å². The van der Waals surface area contributed by atoms with Gasteiger partial charge in [-0.25, -0.2) is 0 Å². The van der Waals surface area contributed by atoms with Crippen molar-refractivity contribution in [1.82, 2.24) is 0 Å². The molecule has 0 radical (unpaired) electrons. The van der Waals surface area contributed by atoms with E-state index in [2.05, 4.69) is 82.3 Å². The van der Waals surface area contributed by atoms with Gasteiger partial charge in [0.15, 0.2) is 0 Å². The number of hydrogen-bond donors (Lipinski definition) is 1. The molecule has 28 heavy (non-hydrogen) atoms. The Labute approximate surface area is 212 Å². The molecule has 158 valence electrons. The minimum absolute atomic E-state index is 0. The Kier molecular flexibility index (Phi) is 15.9. The number of halogens is 2. The summed E-state index contributed by atoms with van der Waals surface area (Å²) in [5.74, 6) is 2.13. The van der Waals surface area contributed by atoms with E-state index in [1.807, 2.05) is 0 Å². The molecule has 0 aromatic rings. The van der Waals surface area contributed by atoms with Crippen LogP contribution in [0.3, 0.4) is 0 Å². The molecule has 2 rings (SSSR count). The molecule has 0 fully saturated rings. The Balaban J connectivity index is 0. The fourth-order valence-electron chi connectivity index (χ4n) is 5.01. The molecule has 0 bridgehead atoms. The monoisotopic (exact) mass is 525 g/mol. The van der Waals surface area contributed by atoms with Crippen molar-refractivity contribution in [2.75, 3.05) is 0 Å². The zero-order valence-electron chi connectivity index (χ0n) is 19.0. The summed E-state index contributed by atoms with van der Waals surface area (Å²) >= 11 is 0.526. The van der Waals surface area contributed by atoms with Crippen LogP contribution in [0.5, 0.6) is 0 Å². The Morgan fingerprint density at radius 2 is 1.39 bits per heavy atom. The summed E-state index contributed by atoms with van der Waals surface area (Å²) in [5, 5.41) is 4.28. The summed E-state index contributed by atoms with van der Waals surface area (Å²) in [6.07, 6.45) is 16.4. The molecule has 2 aliphatic carbocycles. The second-order valence-electron chi connectivity index (χ2n) is 8.97. The van der Waals surface area contributed by atoms with E-state index in [9.17, 15) is 0 Å². The number of nitrogens with two attached hydrogens (primary N) is 1. The molecule has 0 saturated carbocycles. The van der Waals surface area contributed by atoms with E-state index in [0.29, 0.717) is 3.72 Å². The van der Waals surface area contributed by atoms with E-state index < -0.39 is 35.6 Å². The molecule has 0 amide bonds. The van der Waals surface area contributed by atoms with Crippen molar-refractivity contribution in [3.8, 4) is 0 Å². The predicted octanol–water partition coefficient (Wildman–Crippen LogP) is 5.11. The second-order valence-corrected chi connectivity index (χ2v) is 24.2. The minimum atomic E-state index is -1.52. The van der Waals surface area contributed by atoms with Gasteiger partial charge in [-0.2, -0.15) is 0 Å². The zero-order valence-corrected chi connectivity index (χ0v) is 27.6. The molecule has 0 spiro atoms. The fourth-order valence-corrected chi connectivity index (χ4v) is 24.4. The molecule has 0 aliphatic heterocycles. The van der Waals surface area contributed by atoms with Crippen LogP contribution in [0.25, 0.3) is 0 Å². The summed E-state index contributed by atoms with van der Waals surface area (Å²) in [6.45, 7) is 15.4. The maximum Gasteiger partial charge on any atom is 0.401 e. The van der Waals surface area contributed by atoms with Crippen LogP contribution < -0.4 is 4.22 Å². The van der Waals surface area contributed by atoms with E-state index in [1.165, 1.54) is 12.8 Å². The molecular weight excluding hydrogens is 487 g/mol. The first-order valence-electron chi connectivity index (χ1n) is 9.74. The third kappa shape index (κ3) is 7.98. The zero-order chi connectivity index (χ0) is 20.0. The van der Waals surface area contributed by atoms with E-state index in [4.69, 9.17) is 7.06 Å². The molecule has 0 aromatic heterocycles. The average Bonchev–Trinajstić information content (AvgIpc) is 3.27. The first-order valence-corrected chi connectivity index (χ1v) is 20.4. The minimum Gasteiger partial charge on any atom is -0.645 e.